The van der Waals surface area contributed by atoms with Crippen LogP contribution in [-0.2, 0) is 4.74 Å². The molecule has 0 amide bonds. The van der Waals surface area contributed by atoms with Gasteiger partial charge in [0, 0.05) is 5.75 Å². The van der Waals surface area contributed by atoms with E-state index in [1.54, 1.807) is 11.8 Å². The smallest absolute Gasteiger partial charge is 0.165 e. The van der Waals surface area contributed by atoms with Gasteiger partial charge in [-0.3, -0.25) is 0 Å². The third kappa shape index (κ3) is 1.37. The van der Waals surface area contributed by atoms with Gasteiger partial charge in [0.1, 0.15) is 5.44 Å². The minimum Gasteiger partial charge on any atom is -0.367 e. The first kappa shape index (κ1) is 6.39. The second-order valence-electron chi connectivity index (χ2n) is 1.76. The van der Waals surface area contributed by atoms with Crippen LogP contribution in [0.1, 0.15) is 13.3 Å². The van der Waals surface area contributed by atoms with E-state index in [0.717, 1.165) is 12.2 Å². The molecule has 8 heavy (non-hydrogen) atoms. The van der Waals surface area contributed by atoms with Crippen molar-refractivity contribution < 1.29 is 9.84 Å². The molecule has 2 unspecified atom stereocenters. The number of ether oxygens (including phenoxy) is 1. The fraction of sp³-hybridized carbons (Fsp3) is 1.00. The Kier molecular flexibility index (Phi) is 2.16. The fourth-order valence-corrected chi connectivity index (χ4v) is 1.56. The summed E-state index contributed by atoms with van der Waals surface area (Å²) in [5, 5.41) is 8.79. The molecule has 2 nitrogen and oxygen atoms in total. The minimum atomic E-state index is -0.509. The van der Waals surface area contributed by atoms with Gasteiger partial charge in [-0.05, 0) is 6.42 Å². The van der Waals surface area contributed by atoms with Crippen molar-refractivity contribution in [2.45, 2.75) is 25.1 Å². The first-order valence-electron chi connectivity index (χ1n) is 2.78. The van der Waals surface area contributed by atoms with Gasteiger partial charge in [0.05, 0.1) is 0 Å². The maximum absolute atomic E-state index is 8.79. The van der Waals surface area contributed by atoms with Crippen LogP contribution in [0.4, 0.5) is 0 Å². The van der Waals surface area contributed by atoms with Crippen molar-refractivity contribution in [3.8, 4) is 0 Å². The molecular weight excluding hydrogens is 124 g/mol. The van der Waals surface area contributed by atoms with Gasteiger partial charge in [-0.2, -0.15) is 0 Å². The molecule has 1 saturated heterocycles. The van der Waals surface area contributed by atoms with E-state index in [9.17, 15) is 0 Å². The Morgan fingerprint density at radius 3 is 2.88 bits per heavy atom. The van der Waals surface area contributed by atoms with Crippen LogP contribution in [0.25, 0.3) is 0 Å². The highest BCUT2D eigenvalue weighted by Crippen LogP contribution is 2.25. The number of aliphatic hydroxyl groups excluding tert-OH is 1. The number of thioether (sulfide) groups is 1. The lowest BCUT2D eigenvalue weighted by Crippen LogP contribution is -2.09. The Morgan fingerprint density at radius 2 is 2.62 bits per heavy atom. The molecule has 1 aliphatic rings. The Morgan fingerprint density at radius 1 is 1.88 bits per heavy atom. The topological polar surface area (TPSA) is 29.5 Å². The maximum Gasteiger partial charge on any atom is 0.165 e. The third-order valence-electron chi connectivity index (χ3n) is 1.07. The molecule has 1 rings (SSSR count). The average Bonchev–Trinajstić information content (AvgIpc) is 2.14. The second-order valence-corrected chi connectivity index (χ2v) is 2.95. The minimum absolute atomic E-state index is 0.241. The van der Waals surface area contributed by atoms with Crippen molar-refractivity contribution >= 4 is 11.8 Å². The molecule has 1 fully saturated rings. The predicted molar refractivity (Wildman–Crippen MR) is 33.6 cm³/mol. The lowest BCUT2D eigenvalue weighted by Gasteiger charge is -2.03. The zero-order valence-electron chi connectivity index (χ0n) is 4.83. The average molecular weight is 134 g/mol. The molecule has 2 atom stereocenters. The first-order chi connectivity index (χ1) is 3.83. The van der Waals surface area contributed by atoms with E-state index in [4.69, 9.17) is 9.84 Å². The summed E-state index contributed by atoms with van der Waals surface area (Å²) in [6.45, 7) is 2.05. The van der Waals surface area contributed by atoms with Crippen molar-refractivity contribution in [2.75, 3.05) is 5.75 Å². The van der Waals surface area contributed by atoms with Crippen molar-refractivity contribution in [3.05, 3.63) is 0 Å². The highest BCUT2D eigenvalue weighted by Gasteiger charge is 2.21. The lowest BCUT2D eigenvalue weighted by atomic mass is 10.5. The molecule has 0 aromatic carbocycles. The molecular formula is C5H10O2S. The maximum atomic E-state index is 8.79. The van der Waals surface area contributed by atoms with Gasteiger partial charge in [0.15, 0.2) is 6.29 Å². The number of aliphatic hydroxyl groups is 1. The van der Waals surface area contributed by atoms with Crippen LogP contribution in [0.5, 0.6) is 0 Å². The third-order valence-corrected chi connectivity index (χ3v) is 2.36. The number of hydrogen-bond acceptors (Lipinski definition) is 3. The van der Waals surface area contributed by atoms with Gasteiger partial charge in [-0.25, -0.2) is 0 Å². The summed E-state index contributed by atoms with van der Waals surface area (Å²) in [5.41, 5.74) is 0.241. The lowest BCUT2D eigenvalue weighted by molar-refractivity contribution is -0.0803. The van der Waals surface area contributed by atoms with E-state index in [1.165, 1.54) is 0 Å². The Bertz CT molecular complexity index is 76.8. The van der Waals surface area contributed by atoms with Gasteiger partial charge in [0.25, 0.3) is 0 Å². The van der Waals surface area contributed by atoms with Gasteiger partial charge < -0.3 is 9.84 Å². The van der Waals surface area contributed by atoms with E-state index >= 15 is 0 Å². The first-order valence-corrected chi connectivity index (χ1v) is 3.83. The van der Waals surface area contributed by atoms with Gasteiger partial charge in [-0.15, -0.1) is 11.8 Å². The van der Waals surface area contributed by atoms with Crippen LogP contribution in [0.3, 0.4) is 0 Å². The molecule has 0 aromatic heterocycles. The number of rotatable bonds is 1. The van der Waals surface area contributed by atoms with Gasteiger partial charge in [0.2, 0.25) is 0 Å². The molecule has 48 valence electrons. The van der Waals surface area contributed by atoms with Crippen LogP contribution < -0.4 is 0 Å². The molecule has 3 heteroatoms. The molecule has 0 aromatic rings. The van der Waals surface area contributed by atoms with E-state index < -0.39 is 6.29 Å². The molecule has 0 radical (unpaired) electrons. The van der Waals surface area contributed by atoms with Crippen molar-refractivity contribution in [1.82, 2.24) is 0 Å². The summed E-state index contributed by atoms with van der Waals surface area (Å²) in [5.74, 6) is 0.735. The molecule has 0 saturated carbocycles. The monoisotopic (exact) mass is 134 g/mol. The van der Waals surface area contributed by atoms with Crippen molar-refractivity contribution in [1.29, 1.82) is 0 Å². The normalized spacial score (nSPS) is 38.2. The summed E-state index contributed by atoms with van der Waals surface area (Å²) in [4.78, 5) is 0. The Hall–Kier alpha value is 0.270. The second kappa shape index (κ2) is 2.71. The van der Waals surface area contributed by atoms with Crippen molar-refractivity contribution in [3.63, 3.8) is 0 Å². The molecule has 0 aliphatic carbocycles. The van der Waals surface area contributed by atoms with Crippen LogP contribution >= 0.6 is 11.8 Å². The van der Waals surface area contributed by atoms with Gasteiger partial charge in [-0.1, -0.05) is 6.92 Å². The molecule has 0 bridgehead atoms. The van der Waals surface area contributed by atoms with Crippen LogP contribution in [-0.4, -0.2) is 22.6 Å². The zero-order chi connectivity index (χ0) is 5.98. The largest absolute Gasteiger partial charge is 0.367 e. The van der Waals surface area contributed by atoms with Crippen LogP contribution in [0.2, 0.25) is 0 Å². The van der Waals surface area contributed by atoms with E-state index in [2.05, 4.69) is 6.92 Å². The highest BCUT2D eigenvalue weighted by molar-refractivity contribution is 8.00. The molecule has 0 spiro atoms. The van der Waals surface area contributed by atoms with Gasteiger partial charge >= 0.3 is 0 Å². The molecule has 1 heterocycles. The quantitative estimate of drug-likeness (QED) is 0.575. The summed E-state index contributed by atoms with van der Waals surface area (Å²) in [6.07, 6.45) is 0.479. The van der Waals surface area contributed by atoms with Crippen molar-refractivity contribution in [2.24, 2.45) is 0 Å². The summed E-state index contributed by atoms with van der Waals surface area (Å²) in [6, 6.07) is 0. The predicted octanol–water partition coefficient (Wildman–Crippen LogP) is 0.804. The van der Waals surface area contributed by atoms with E-state index in [0.29, 0.717) is 0 Å². The zero-order valence-corrected chi connectivity index (χ0v) is 5.65. The standard InChI is InChI=1S/C5H10O2S/c1-2-5-7-4(6)3-8-5/h4-6H,2-3H2,1H3. The summed E-state index contributed by atoms with van der Waals surface area (Å²) in [7, 11) is 0. The summed E-state index contributed by atoms with van der Waals surface area (Å²) < 4.78 is 5.03. The number of hydrogen-bond donors (Lipinski definition) is 1. The molecule has 1 aliphatic heterocycles. The fourth-order valence-electron chi connectivity index (χ4n) is 0.657. The van der Waals surface area contributed by atoms with Crippen LogP contribution in [0.15, 0.2) is 0 Å². The Labute approximate surface area is 53.2 Å². The van der Waals surface area contributed by atoms with E-state index in [-0.39, 0.29) is 5.44 Å². The van der Waals surface area contributed by atoms with E-state index in [1.807, 2.05) is 0 Å². The summed E-state index contributed by atoms with van der Waals surface area (Å²) >= 11 is 1.68. The Balaban J connectivity index is 2.22. The van der Waals surface area contributed by atoms with Crippen LogP contribution in [0, 0.1) is 0 Å². The highest BCUT2D eigenvalue weighted by atomic mass is 32.2. The SMILES string of the molecule is CCC1OC(O)CS1. The molecule has 1 N–H and O–H groups in total.